The third kappa shape index (κ3) is 2.95. The van der Waals surface area contributed by atoms with Crippen LogP contribution >= 0.6 is 11.3 Å². The van der Waals surface area contributed by atoms with Gasteiger partial charge in [-0.2, -0.15) is 0 Å². The first-order chi connectivity index (χ1) is 10.1. The molecule has 1 amide bonds. The molecule has 21 heavy (non-hydrogen) atoms. The lowest BCUT2D eigenvalue weighted by Gasteiger charge is -2.12. The number of carbonyl (C=O) groups excluding carboxylic acids is 1. The zero-order valence-electron chi connectivity index (χ0n) is 11.2. The van der Waals surface area contributed by atoms with Crippen LogP contribution in [-0.4, -0.2) is 40.0 Å². The summed E-state index contributed by atoms with van der Waals surface area (Å²) in [4.78, 5) is 28.9. The molecule has 1 saturated heterocycles. The zero-order chi connectivity index (χ0) is 14.8. The maximum Gasteiger partial charge on any atom is 0.308 e. The Morgan fingerprint density at radius 2 is 2.19 bits per heavy atom. The van der Waals surface area contributed by atoms with Crippen LogP contribution in [0.15, 0.2) is 30.3 Å². The quantitative estimate of drug-likeness (QED) is 0.883. The SMILES string of the molecule is O=C(O)C1CCN(C(=O)/C=C/c2nc3ccccc3s2)C1. The van der Waals surface area contributed by atoms with Gasteiger partial charge in [0, 0.05) is 19.2 Å². The minimum Gasteiger partial charge on any atom is -0.481 e. The molecule has 2 heterocycles. The van der Waals surface area contributed by atoms with Gasteiger partial charge in [-0.25, -0.2) is 4.98 Å². The smallest absolute Gasteiger partial charge is 0.308 e. The van der Waals surface area contributed by atoms with Gasteiger partial charge in [0.2, 0.25) is 5.91 Å². The fraction of sp³-hybridized carbons (Fsp3) is 0.267. The van der Waals surface area contributed by atoms with Gasteiger partial charge in [0.25, 0.3) is 0 Å². The highest BCUT2D eigenvalue weighted by molar-refractivity contribution is 7.19. The Morgan fingerprint density at radius 1 is 1.38 bits per heavy atom. The molecule has 1 aliphatic rings. The van der Waals surface area contributed by atoms with Crippen molar-refractivity contribution in [1.29, 1.82) is 0 Å². The van der Waals surface area contributed by atoms with Gasteiger partial charge in [0.05, 0.1) is 16.1 Å². The first-order valence-corrected chi connectivity index (χ1v) is 7.50. The second kappa shape index (κ2) is 5.65. The number of carboxylic acids is 1. The number of benzene rings is 1. The third-order valence-corrected chi connectivity index (χ3v) is 4.53. The average Bonchev–Trinajstić information content (AvgIpc) is 3.11. The first-order valence-electron chi connectivity index (χ1n) is 6.69. The number of amides is 1. The van der Waals surface area contributed by atoms with Crippen LogP contribution in [0.25, 0.3) is 16.3 Å². The molecule has 0 spiro atoms. The van der Waals surface area contributed by atoms with E-state index in [0.29, 0.717) is 19.5 Å². The topological polar surface area (TPSA) is 70.5 Å². The normalized spacial score (nSPS) is 18.7. The van der Waals surface area contributed by atoms with Gasteiger partial charge in [-0.15, -0.1) is 11.3 Å². The highest BCUT2D eigenvalue weighted by Crippen LogP contribution is 2.23. The summed E-state index contributed by atoms with van der Waals surface area (Å²) in [5.74, 6) is -1.43. The lowest BCUT2D eigenvalue weighted by atomic mass is 10.1. The molecule has 108 valence electrons. The number of thiazole rings is 1. The largest absolute Gasteiger partial charge is 0.481 e. The molecule has 6 heteroatoms. The number of rotatable bonds is 3. The van der Waals surface area contributed by atoms with Gasteiger partial charge >= 0.3 is 5.97 Å². The Labute approximate surface area is 125 Å². The van der Waals surface area contributed by atoms with E-state index in [1.165, 1.54) is 17.4 Å². The number of hydrogen-bond donors (Lipinski definition) is 1. The van der Waals surface area contributed by atoms with Gasteiger partial charge in [-0.05, 0) is 24.6 Å². The van der Waals surface area contributed by atoms with Crippen molar-refractivity contribution in [3.63, 3.8) is 0 Å². The molecule has 5 nitrogen and oxygen atoms in total. The number of carbonyl (C=O) groups is 2. The Bertz CT molecular complexity index is 690. The molecule has 0 radical (unpaired) electrons. The molecule has 1 aromatic carbocycles. The average molecular weight is 302 g/mol. The molecule has 3 rings (SSSR count). The molecular formula is C15H14N2O3S. The fourth-order valence-corrected chi connectivity index (χ4v) is 3.24. The number of aliphatic carboxylic acids is 1. The van der Waals surface area contributed by atoms with Crippen molar-refractivity contribution in [2.45, 2.75) is 6.42 Å². The maximum atomic E-state index is 12.0. The van der Waals surface area contributed by atoms with Crippen molar-refractivity contribution in [1.82, 2.24) is 9.88 Å². The lowest BCUT2D eigenvalue weighted by molar-refractivity contribution is -0.141. The van der Waals surface area contributed by atoms with Gasteiger partial charge in [0.15, 0.2) is 0 Å². The monoisotopic (exact) mass is 302 g/mol. The Morgan fingerprint density at radius 3 is 2.90 bits per heavy atom. The van der Waals surface area contributed by atoms with Gasteiger partial charge in [0.1, 0.15) is 5.01 Å². The maximum absolute atomic E-state index is 12.0. The van der Waals surface area contributed by atoms with E-state index in [2.05, 4.69) is 4.98 Å². The Kier molecular flexibility index (Phi) is 3.70. The minimum atomic E-state index is -0.833. The number of hydrogen-bond acceptors (Lipinski definition) is 4. The van der Waals surface area contributed by atoms with Crippen LogP contribution in [0, 0.1) is 5.92 Å². The number of para-hydroxylation sites is 1. The standard InChI is InChI=1S/C15H14N2O3S/c18-14(17-8-7-10(9-17)15(19)20)6-5-13-16-11-3-1-2-4-12(11)21-13/h1-6,10H,7-9H2,(H,19,20)/b6-5+. The number of likely N-dealkylation sites (tertiary alicyclic amines) is 1. The third-order valence-electron chi connectivity index (χ3n) is 3.53. The summed E-state index contributed by atoms with van der Waals surface area (Å²) < 4.78 is 1.08. The van der Waals surface area contributed by atoms with E-state index in [1.807, 2.05) is 24.3 Å². The lowest BCUT2D eigenvalue weighted by Crippen LogP contribution is -2.28. The second-order valence-electron chi connectivity index (χ2n) is 4.96. The number of carboxylic acid groups (broad SMARTS) is 1. The summed E-state index contributed by atoms with van der Waals surface area (Å²) in [5.41, 5.74) is 0.918. The van der Waals surface area contributed by atoms with Crippen molar-refractivity contribution < 1.29 is 14.7 Å². The summed E-state index contributed by atoms with van der Waals surface area (Å²) in [6, 6.07) is 7.80. The molecule has 1 aromatic heterocycles. The molecule has 0 bridgehead atoms. The molecule has 1 N–H and O–H groups in total. The first kappa shape index (κ1) is 13.8. The van der Waals surface area contributed by atoms with Crippen LogP contribution in [0.4, 0.5) is 0 Å². The Hall–Kier alpha value is -2.21. The summed E-state index contributed by atoms with van der Waals surface area (Å²) in [7, 11) is 0. The van der Waals surface area contributed by atoms with E-state index in [1.54, 1.807) is 11.0 Å². The van der Waals surface area contributed by atoms with Crippen molar-refractivity contribution in [2.75, 3.05) is 13.1 Å². The molecule has 1 unspecified atom stereocenters. The predicted molar refractivity (Wildman–Crippen MR) is 81.0 cm³/mol. The summed E-state index contributed by atoms with van der Waals surface area (Å²) in [5, 5.41) is 9.71. The fourth-order valence-electron chi connectivity index (χ4n) is 2.37. The number of aromatic nitrogens is 1. The summed E-state index contributed by atoms with van der Waals surface area (Å²) >= 11 is 1.52. The second-order valence-corrected chi connectivity index (χ2v) is 6.02. The van der Waals surface area contributed by atoms with Crippen LogP contribution in [0.1, 0.15) is 11.4 Å². The van der Waals surface area contributed by atoms with Crippen molar-refractivity contribution in [2.24, 2.45) is 5.92 Å². The van der Waals surface area contributed by atoms with Gasteiger partial charge in [-0.3, -0.25) is 9.59 Å². The molecular weight excluding hydrogens is 288 g/mol. The highest BCUT2D eigenvalue weighted by atomic mass is 32.1. The van der Waals surface area contributed by atoms with E-state index in [4.69, 9.17) is 5.11 Å². The summed E-state index contributed by atoms with van der Waals surface area (Å²) in [6.07, 6.45) is 3.69. The number of nitrogens with zero attached hydrogens (tertiary/aromatic N) is 2. The van der Waals surface area contributed by atoms with E-state index in [0.717, 1.165) is 15.2 Å². The van der Waals surface area contributed by atoms with Crippen LogP contribution in [-0.2, 0) is 9.59 Å². The van der Waals surface area contributed by atoms with Gasteiger partial charge < -0.3 is 10.0 Å². The molecule has 2 aromatic rings. The van der Waals surface area contributed by atoms with E-state index in [9.17, 15) is 9.59 Å². The van der Waals surface area contributed by atoms with Crippen LogP contribution < -0.4 is 0 Å². The van der Waals surface area contributed by atoms with E-state index in [-0.39, 0.29) is 5.91 Å². The molecule has 0 saturated carbocycles. The van der Waals surface area contributed by atoms with Crippen LogP contribution in [0.5, 0.6) is 0 Å². The van der Waals surface area contributed by atoms with Crippen LogP contribution in [0.3, 0.4) is 0 Å². The molecule has 0 aliphatic carbocycles. The molecule has 1 atom stereocenters. The highest BCUT2D eigenvalue weighted by Gasteiger charge is 2.29. The summed E-state index contributed by atoms with van der Waals surface area (Å²) in [6.45, 7) is 0.790. The predicted octanol–water partition coefficient (Wildman–Crippen LogP) is 2.24. The van der Waals surface area contributed by atoms with E-state index < -0.39 is 11.9 Å². The number of fused-ring (bicyclic) bond motifs is 1. The molecule has 1 fully saturated rings. The van der Waals surface area contributed by atoms with Crippen LogP contribution in [0.2, 0.25) is 0 Å². The van der Waals surface area contributed by atoms with Crippen molar-refractivity contribution in [3.05, 3.63) is 35.3 Å². The van der Waals surface area contributed by atoms with Crippen molar-refractivity contribution in [3.8, 4) is 0 Å². The zero-order valence-corrected chi connectivity index (χ0v) is 12.0. The van der Waals surface area contributed by atoms with Gasteiger partial charge in [-0.1, -0.05) is 12.1 Å². The van der Waals surface area contributed by atoms with E-state index >= 15 is 0 Å². The molecule has 1 aliphatic heterocycles. The Balaban J connectivity index is 1.68. The minimum absolute atomic E-state index is 0.155. The van der Waals surface area contributed by atoms with Crippen molar-refractivity contribution >= 4 is 39.5 Å².